The number of anilines is 1. The molecular formula is C14H19N3O4. The van der Waals surface area contributed by atoms with E-state index in [0.717, 1.165) is 0 Å². The summed E-state index contributed by atoms with van der Waals surface area (Å²) in [6, 6.07) is 2.51. The second kappa shape index (κ2) is 5.59. The summed E-state index contributed by atoms with van der Waals surface area (Å²) in [6.45, 7) is 6.93. The Balaban J connectivity index is 2.11. The number of alkyl carbamates (subject to hydrolysis) is 1. The second-order valence-electron chi connectivity index (χ2n) is 5.79. The molecule has 0 saturated heterocycles. The summed E-state index contributed by atoms with van der Waals surface area (Å²) < 4.78 is 10.8. The first-order valence-corrected chi connectivity index (χ1v) is 6.68. The number of hydrogen-bond donors (Lipinski definition) is 2. The van der Waals surface area contributed by atoms with Crippen molar-refractivity contribution in [2.75, 3.05) is 5.32 Å². The van der Waals surface area contributed by atoms with Gasteiger partial charge in [0.25, 0.3) is 5.91 Å². The minimum absolute atomic E-state index is 0.326. The number of carbonyl (C=O) groups excluding carboxylic acids is 2. The Morgan fingerprint density at radius 2 is 2.19 bits per heavy atom. The normalized spacial score (nSPS) is 21.4. The molecule has 0 radical (unpaired) electrons. The van der Waals surface area contributed by atoms with Crippen LogP contribution in [0.2, 0.25) is 0 Å². The summed E-state index contributed by atoms with van der Waals surface area (Å²) in [5, 5.41) is 5.20. The molecule has 0 saturated carbocycles. The lowest BCUT2D eigenvalue weighted by atomic mass is 10.1. The Bertz CT molecular complexity index is 553. The molecule has 0 spiro atoms. The molecule has 7 heteroatoms. The number of hydrogen-bond acceptors (Lipinski definition) is 5. The lowest BCUT2D eigenvalue weighted by Gasteiger charge is -2.24. The monoisotopic (exact) mass is 293 g/mol. The molecule has 1 aromatic heterocycles. The fraction of sp³-hybridized carbons (Fsp3) is 0.500. The maximum atomic E-state index is 12.2. The van der Waals surface area contributed by atoms with Gasteiger partial charge in [0.05, 0.1) is 0 Å². The van der Waals surface area contributed by atoms with Crippen LogP contribution in [0, 0.1) is 0 Å². The number of nitrogens with zero attached hydrogens (tertiary/aromatic N) is 1. The van der Waals surface area contributed by atoms with Crippen LogP contribution < -0.4 is 15.4 Å². The number of pyridine rings is 1. The second-order valence-corrected chi connectivity index (χ2v) is 5.79. The minimum Gasteiger partial charge on any atom is -0.470 e. The molecule has 114 valence electrons. The van der Waals surface area contributed by atoms with Crippen molar-refractivity contribution in [2.24, 2.45) is 0 Å². The molecule has 21 heavy (non-hydrogen) atoms. The molecule has 2 N–H and O–H groups in total. The van der Waals surface area contributed by atoms with Crippen LogP contribution in [0.25, 0.3) is 0 Å². The maximum Gasteiger partial charge on any atom is 0.408 e. The summed E-state index contributed by atoms with van der Waals surface area (Å²) in [4.78, 5) is 28.1. The lowest BCUT2D eigenvalue weighted by molar-refractivity contribution is -0.119. The summed E-state index contributed by atoms with van der Waals surface area (Å²) in [5.41, 5.74) is -0.164. The summed E-state index contributed by atoms with van der Waals surface area (Å²) in [6.07, 6.45) is 0.324. The van der Waals surface area contributed by atoms with Gasteiger partial charge in [-0.2, -0.15) is 0 Å². The molecule has 1 aromatic rings. The van der Waals surface area contributed by atoms with Crippen LogP contribution in [0.15, 0.2) is 18.3 Å². The van der Waals surface area contributed by atoms with E-state index in [2.05, 4.69) is 15.6 Å². The van der Waals surface area contributed by atoms with Gasteiger partial charge < -0.3 is 20.1 Å². The Labute approximate surface area is 123 Å². The van der Waals surface area contributed by atoms with Gasteiger partial charge in [0.1, 0.15) is 23.4 Å². The number of aromatic nitrogens is 1. The van der Waals surface area contributed by atoms with Crippen LogP contribution in [-0.4, -0.2) is 34.7 Å². The smallest absolute Gasteiger partial charge is 0.408 e. The van der Waals surface area contributed by atoms with Gasteiger partial charge in [-0.05, 0) is 39.8 Å². The Hall–Kier alpha value is -2.31. The average molecular weight is 293 g/mol. The van der Waals surface area contributed by atoms with Crippen molar-refractivity contribution in [1.82, 2.24) is 10.3 Å². The molecule has 0 bridgehead atoms. The van der Waals surface area contributed by atoms with E-state index in [9.17, 15) is 9.59 Å². The van der Waals surface area contributed by atoms with E-state index in [0.29, 0.717) is 11.6 Å². The van der Waals surface area contributed by atoms with Gasteiger partial charge in [0, 0.05) is 6.20 Å². The zero-order valence-corrected chi connectivity index (χ0v) is 12.5. The van der Waals surface area contributed by atoms with E-state index in [1.54, 1.807) is 46.0 Å². The van der Waals surface area contributed by atoms with Crippen molar-refractivity contribution in [1.29, 1.82) is 0 Å². The molecule has 0 fully saturated rings. The molecule has 7 nitrogen and oxygen atoms in total. The molecule has 1 aliphatic rings. The number of ether oxygens (including phenoxy) is 2. The van der Waals surface area contributed by atoms with E-state index in [-0.39, 0.29) is 5.91 Å². The summed E-state index contributed by atoms with van der Waals surface area (Å²) in [7, 11) is 0. The van der Waals surface area contributed by atoms with E-state index in [1.165, 1.54) is 0 Å². The van der Waals surface area contributed by atoms with Gasteiger partial charge in [0.2, 0.25) is 5.88 Å². The van der Waals surface area contributed by atoms with Crippen LogP contribution in [-0.2, 0) is 9.53 Å². The number of amides is 2. The highest BCUT2D eigenvalue weighted by molar-refractivity contribution is 5.98. The zero-order chi connectivity index (χ0) is 15.6. The molecule has 0 aliphatic carbocycles. The number of nitrogens with one attached hydrogen (secondary N) is 2. The molecule has 2 heterocycles. The first-order chi connectivity index (χ1) is 9.76. The van der Waals surface area contributed by atoms with Crippen LogP contribution in [0.5, 0.6) is 5.88 Å². The first-order valence-electron chi connectivity index (χ1n) is 6.68. The third-order valence-corrected chi connectivity index (χ3v) is 2.75. The Morgan fingerprint density at radius 3 is 2.86 bits per heavy atom. The summed E-state index contributed by atoms with van der Waals surface area (Å²) >= 11 is 0. The molecule has 2 amide bonds. The molecular weight excluding hydrogens is 274 g/mol. The first kappa shape index (κ1) is 15.1. The van der Waals surface area contributed by atoms with Crippen LogP contribution in [0.3, 0.4) is 0 Å². The molecule has 0 unspecified atom stereocenters. The highest BCUT2D eigenvalue weighted by Gasteiger charge is 2.34. The zero-order valence-electron chi connectivity index (χ0n) is 12.5. The Morgan fingerprint density at radius 1 is 1.48 bits per heavy atom. The van der Waals surface area contributed by atoms with Crippen molar-refractivity contribution in [3.05, 3.63) is 18.3 Å². The maximum absolute atomic E-state index is 12.2. The predicted molar refractivity (Wildman–Crippen MR) is 76.1 cm³/mol. The third kappa shape index (κ3) is 3.84. The summed E-state index contributed by atoms with van der Waals surface area (Å²) in [5.74, 6) is -0.0491. The highest BCUT2D eigenvalue weighted by Crippen LogP contribution is 2.25. The topological polar surface area (TPSA) is 89.5 Å². The van der Waals surface area contributed by atoms with Gasteiger partial charge >= 0.3 is 6.09 Å². The van der Waals surface area contributed by atoms with Gasteiger partial charge in [-0.1, -0.05) is 0 Å². The Kier molecular flexibility index (Phi) is 4.02. The number of rotatable bonds is 1. The van der Waals surface area contributed by atoms with Crippen molar-refractivity contribution in [3.63, 3.8) is 0 Å². The van der Waals surface area contributed by atoms with E-state index in [1.807, 2.05) is 0 Å². The largest absolute Gasteiger partial charge is 0.470 e. The number of fused-ring (bicyclic) bond motifs is 1. The van der Waals surface area contributed by atoms with Gasteiger partial charge in [0.15, 0.2) is 0 Å². The lowest BCUT2D eigenvalue weighted by Crippen LogP contribution is -2.52. The van der Waals surface area contributed by atoms with Crippen LogP contribution >= 0.6 is 0 Å². The molecule has 1 aliphatic heterocycles. The van der Waals surface area contributed by atoms with Gasteiger partial charge in [-0.25, -0.2) is 9.78 Å². The molecule has 0 aromatic carbocycles. The van der Waals surface area contributed by atoms with Crippen LogP contribution in [0.4, 0.5) is 10.5 Å². The third-order valence-electron chi connectivity index (χ3n) is 2.75. The molecule has 2 atom stereocenters. The minimum atomic E-state index is -0.867. The standard InChI is InChI=1S/C14H19N3O4/c1-8-10(17-13(19)21-14(2,3)4)11(18)16-9-6-5-7-15-12(9)20-8/h5-8,10H,1-4H3,(H,16,18)(H,17,19)/t8-,10+/m1/s1. The van der Waals surface area contributed by atoms with Crippen molar-refractivity contribution in [3.8, 4) is 5.88 Å². The predicted octanol–water partition coefficient (Wildman–Crippen LogP) is 1.69. The van der Waals surface area contributed by atoms with Crippen molar-refractivity contribution in [2.45, 2.75) is 45.4 Å². The van der Waals surface area contributed by atoms with E-state index >= 15 is 0 Å². The number of carbonyl (C=O) groups is 2. The quantitative estimate of drug-likeness (QED) is 0.822. The average Bonchev–Trinajstić information content (AvgIpc) is 2.46. The van der Waals surface area contributed by atoms with Crippen molar-refractivity contribution < 1.29 is 19.1 Å². The van der Waals surface area contributed by atoms with E-state index < -0.39 is 23.8 Å². The van der Waals surface area contributed by atoms with Crippen molar-refractivity contribution >= 4 is 17.7 Å². The van der Waals surface area contributed by atoms with Crippen LogP contribution in [0.1, 0.15) is 27.7 Å². The fourth-order valence-corrected chi connectivity index (χ4v) is 1.87. The van der Waals surface area contributed by atoms with Gasteiger partial charge in [-0.3, -0.25) is 4.79 Å². The SMILES string of the molecule is C[C@H]1Oc2ncccc2NC(=O)[C@H]1NC(=O)OC(C)(C)C. The fourth-order valence-electron chi connectivity index (χ4n) is 1.87. The van der Waals surface area contributed by atoms with Gasteiger partial charge in [-0.15, -0.1) is 0 Å². The van der Waals surface area contributed by atoms with E-state index in [4.69, 9.17) is 9.47 Å². The molecule has 2 rings (SSSR count). The highest BCUT2D eigenvalue weighted by atomic mass is 16.6.